The molecule has 0 bridgehead atoms. The third-order valence-electron chi connectivity index (χ3n) is 4.48. The van der Waals surface area contributed by atoms with Gasteiger partial charge in [0.25, 0.3) is 5.91 Å². The van der Waals surface area contributed by atoms with Gasteiger partial charge in [-0.25, -0.2) is 9.97 Å². The molecule has 3 heterocycles. The highest BCUT2D eigenvalue weighted by atomic mass is 32.1. The number of anilines is 2. The minimum Gasteiger partial charge on any atom is -0.355 e. The van der Waals surface area contributed by atoms with Crippen molar-refractivity contribution >= 4 is 45.8 Å². The molecule has 3 aromatic rings. The van der Waals surface area contributed by atoms with Gasteiger partial charge in [0, 0.05) is 33.1 Å². The first kappa shape index (κ1) is 17.4. The number of carbonyl (C=O) groups excluding carboxylic acids is 2. The summed E-state index contributed by atoms with van der Waals surface area (Å²) in [6, 6.07) is 11.2. The molecule has 4 rings (SSSR count). The zero-order valence-corrected chi connectivity index (χ0v) is 15.7. The van der Waals surface area contributed by atoms with Gasteiger partial charge in [0.15, 0.2) is 11.6 Å². The standard InChI is InChI=1S/C19H19N5O2S/c1-23-10-11-24(16(25)8-9-20-19(26)15-7-4-12-27-15)18-17(23)21-13-5-2-3-6-14(13)22-18/h2-7,12H,8-11H2,1H3,(H,20,26). The number of nitrogens with one attached hydrogen (secondary N) is 1. The maximum Gasteiger partial charge on any atom is 0.261 e. The van der Waals surface area contributed by atoms with Crippen LogP contribution in [0.25, 0.3) is 11.0 Å². The van der Waals surface area contributed by atoms with Crippen LogP contribution in [-0.4, -0.2) is 48.5 Å². The van der Waals surface area contributed by atoms with Crippen molar-refractivity contribution in [3.63, 3.8) is 0 Å². The summed E-state index contributed by atoms with van der Waals surface area (Å²) in [5.41, 5.74) is 1.57. The molecular weight excluding hydrogens is 362 g/mol. The Morgan fingerprint density at radius 1 is 1.07 bits per heavy atom. The number of carbonyl (C=O) groups is 2. The summed E-state index contributed by atoms with van der Waals surface area (Å²) >= 11 is 1.38. The number of thiophene rings is 1. The van der Waals surface area contributed by atoms with E-state index in [1.807, 2.05) is 47.7 Å². The quantitative estimate of drug-likeness (QED) is 0.750. The van der Waals surface area contributed by atoms with Gasteiger partial charge in [-0.05, 0) is 23.6 Å². The first-order chi connectivity index (χ1) is 13.1. The molecule has 0 unspecified atom stereocenters. The molecular formula is C19H19N5O2S. The molecule has 0 spiro atoms. The van der Waals surface area contributed by atoms with Gasteiger partial charge in [-0.2, -0.15) is 0 Å². The fourth-order valence-electron chi connectivity index (χ4n) is 3.04. The molecule has 0 radical (unpaired) electrons. The topological polar surface area (TPSA) is 78.4 Å². The number of hydrogen-bond donors (Lipinski definition) is 1. The zero-order valence-electron chi connectivity index (χ0n) is 14.9. The number of likely N-dealkylation sites (N-methyl/N-ethyl adjacent to an activating group) is 1. The van der Waals surface area contributed by atoms with Crippen LogP contribution in [0.2, 0.25) is 0 Å². The normalized spacial score (nSPS) is 13.5. The van der Waals surface area contributed by atoms with E-state index in [2.05, 4.69) is 15.3 Å². The van der Waals surface area contributed by atoms with Crippen LogP contribution < -0.4 is 15.1 Å². The Kier molecular flexibility index (Phi) is 4.72. The number of amides is 2. The van der Waals surface area contributed by atoms with Crippen molar-refractivity contribution in [3.05, 3.63) is 46.7 Å². The minimum absolute atomic E-state index is 0.0691. The zero-order chi connectivity index (χ0) is 18.8. The largest absolute Gasteiger partial charge is 0.355 e. The third kappa shape index (κ3) is 3.48. The molecule has 0 saturated heterocycles. The highest BCUT2D eigenvalue weighted by Crippen LogP contribution is 2.30. The van der Waals surface area contributed by atoms with E-state index in [9.17, 15) is 9.59 Å². The van der Waals surface area contributed by atoms with E-state index >= 15 is 0 Å². The average molecular weight is 381 g/mol. The summed E-state index contributed by atoms with van der Waals surface area (Å²) in [5, 5.41) is 4.65. The lowest BCUT2D eigenvalue weighted by molar-refractivity contribution is -0.118. The second kappa shape index (κ2) is 7.32. The Balaban J connectivity index is 1.49. The van der Waals surface area contributed by atoms with Gasteiger partial charge in [-0.3, -0.25) is 14.5 Å². The summed E-state index contributed by atoms with van der Waals surface area (Å²) in [6.07, 6.45) is 0.217. The molecule has 1 N–H and O–H groups in total. The first-order valence-electron chi connectivity index (χ1n) is 8.73. The van der Waals surface area contributed by atoms with Crippen LogP contribution in [0.4, 0.5) is 11.6 Å². The van der Waals surface area contributed by atoms with E-state index in [4.69, 9.17) is 0 Å². The molecule has 1 aliphatic heterocycles. The van der Waals surface area contributed by atoms with E-state index in [1.165, 1.54) is 11.3 Å². The maximum atomic E-state index is 12.8. The number of nitrogens with zero attached hydrogens (tertiary/aromatic N) is 4. The summed E-state index contributed by atoms with van der Waals surface area (Å²) in [6.45, 7) is 1.53. The van der Waals surface area contributed by atoms with Crippen LogP contribution in [0, 0.1) is 0 Å². The lowest BCUT2D eigenvalue weighted by Gasteiger charge is -2.33. The highest BCUT2D eigenvalue weighted by Gasteiger charge is 2.28. The van der Waals surface area contributed by atoms with Crippen molar-refractivity contribution in [2.75, 3.05) is 36.5 Å². The number of fused-ring (bicyclic) bond motifs is 2. The molecule has 0 saturated carbocycles. The second-order valence-corrected chi connectivity index (χ2v) is 7.26. The van der Waals surface area contributed by atoms with Crippen molar-refractivity contribution in [2.45, 2.75) is 6.42 Å². The Morgan fingerprint density at radius 2 is 1.81 bits per heavy atom. The van der Waals surface area contributed by atoms with Crippen molar-refractivity contribution in [1.29, 1.82) is 0 Å². The third-order valence-corrected chi connectivity index (χ3v) is 5.35. The van der Waals surface area contributed by atoms with Crippen LogP contribution in [0.5, 0.6) is 0 Å². The summed E-state index contributed by atoms with van der Waals surface area (Å²) in [4.78, 5) is 38.4. The number of aromatic nitrogens is 2. The molecule has 0 atom stereocenters. The highest BCUT2D eigenvalue weighted by molar-refractivity contribution is 7.12. The molecule has 1 aromatic carbocycles. The molecule has 2 aromatic heterocycles. The molecule has 138 valence electrons. The summed E-state index contributed by atoms with van der Waals surface area (Å²) in [7, 11) is 1.95. The fourth-order valence-corrected chi connectivity index (χ4v) is 3.68. The van der Waals surface area contributed by atoms with Gasteiger partial charge >= 0.3 is 0 Å². The Bertz CT molecular complexity index is 989. The van der Waals surface area contributed by atoms with Crippen molar-refractivity contribution in [1.82, 2.24) is 15.3 Å². The van der Waals surface area contributed by atoms with Crippen molar-refractivity contribution < 1.29 is 9.59 Å². The number of para-hydroxylation sites is 2. The van der Waals surface area contributed by atoms with E-state index in [-0.39, 0.29) is 24.8 Å². The first-order valence-corrected chi connectivity index (χ1v) is 9.61. The SMILES string of the molecule is CN1CCN(C(=O)CCNC(=O)c2cccs2)c2nc3ccccc3nc21. The fraction of sp³-hybridized carbons (Fsp3) is 0.263. The summed E-state index contributed by atoms with van der Waals surface area (Å²) in [5.74, 6) is 1.07. The maximum absolute atomic E-state index is 12.8. The van der Waals surface area contributed by atoms with E-state index < -0.39 is 0 Å². The van der Waals surface area contributed by atoms with Crippen LogP contribution in [-0.2, 0) is 4.79 Å². The molecule has 27 heavy (non-hydrogen) atoms. The average Bonchev–Trinajstić information content (AvgIpc) is 3.22. The Labute approximate surface area is 160 Å². The Hall–Kier alpha value is -3.00. The number of benzene rings is 1. The van der Waals surface area contributed by atoms with E-state index in [0.29, 0.717) is 29.6 Å². The molecule has 2 amide bonds. The van der Waals surface area contributed by atoms with Gasteiger partial charge in [0.1, 0.15) is 0 Å². The Morgan fingerprint density at radius 3 is 2.52 bits per heavy atom. The van der Waals surface area contributed by atoms with Gasteiger partial charge in [-0.1, -0.05) is 18.2 Å². The minimum atomic E-state index is -0.151. The predicted octanol–water partition coefficient (Wildman–Crippen LogP) is 2.29. The van der Waals surface area contributed by atoms with Crippen LogP contribution in [0.3, 0.4) is 0 Å². The second-order valence-electron chi connectivity index (χ2n) is 6.31. The molecule has 7 nitrogen and oxygen atoms in total. The van der Waals surface area contributed by atoms with Crippen LogP contribution in [0.1, 0.15) is 16.1 Å². The van der Waals surface area contributed by atoms with E-state index in [1.54, 1.807) is 11.0 Å². The monoisotopic (exact) mass is 381 g/mol. The van der Waals surface area contributed by atoms with Crippen LogP contribution >= 0.6 is 11.3 Å². The van der Waals surface area contributed by atoms with Gasteiger partial charge < -0.3 is 10.2 Å². The smallest absolute Gasteiger partial charge is 0.261 e. The van der Waals surface area contributed by atoms with Gasteiger partial charge in [-0.15, -0.1) is 11.3 Å². The van der Waals surface area contributed by atoms with E-state index in [0.717, 1.165) is 11.0 Å². The molecule has 1 aliphatic rings. The lowest BCUT2D eigenvalue weighted by Crippen LogP contribution is -2.44. The lowest BCUT2D eigenvalue weighted by atomic mass is 10.2. The molecule has 0 aliphatic carbocycles. The number of rotatable bonds is 4. The van der Waals surface area contributed by atoms with Crippen LogP contribution in [0.15, 0.2) is 41.8 Å². The van der Waals surface area contributed by atoms with Crippen molar-refractivity contribution in [2.24, 2.45) is 0 Å². The molecule has 8 heteroatoms. The van der Waals surface area contributed by atoms with Gasteiger partial charge in [0.2, 0.25) is 5.91 Å². The molecule has 0 fully saturated rings. The summed E-state index contributed by atoms with van der Waals surface area (Å²) < 4.78 is 0. The van der Waals surface area contributed by atoms with Gasteiger partial charge in [0.05, 0.1) is 15.9 Å². The van der Waals surface area contributed by atoms with Crippen molar-refractivity contribution in [3.8, 4) is 0 Å². The number of hydrogen-bond acceptors (Lipinski definition) is 6. The predicted molar refractivity (Wildman–Crippen MR) is 106 cm³/mol.